The van der Waals surface area contributed by atoms with Crippen LogP contribution < -0.4 is 10.2 Å². The van der Waals surface area contributed by atoms with Gasteiger partial charge in [-0.2, -0.15) is 4.31 Å². The highest BCUT2D eigenvalue weighted by atomic mass is 32.2. The number of carbonyl (C=O) groups excluding carboxylic acids is 1. The van der Waals surface area contributed by atoms with Crippen LogP contribution in [0.3, 0.4) is 0 Å². The van der Waals surface area contributed by atoms with Crippen LogP contribution in [0, 0.1) is 0 Å². The first-order chi connectivity index (χ1) is 11.5. The van der Waals surface area contributed by atoms with E-state index in [0.717, 1.165) is 13.1 Å². The first kappa shape index (κ1) is 18.9. The van der Waals surface area contributed by atoms with E-state index in [1.807, 2.05) is 13.8 Å². The molecule has 0 atom stereocenters. The Morgan fingerprint density at radius 2 is 1.75 bits per heavy atom. The van der Waals surface area contributed by atoms with Gasteiger partial charge in [0.1, 0.15) is 13.1 Å². The Labute approximate surface area is 143 Å². The molecule has 1 saturated heterocycles. The summed E-state index contributed by atoms with van der Waals surface area (Å²) in [6.45, 7) is 7.89. The van der Waals surface area contributed by atoms with Crippen molar-refractivity contribution in [2.24, 2.45) is 0 Å². The van der Waals surface area contributed by atoms with Crippen molar-refractivity contribution in [3.05, 3.63) is 24.3 Å². The van der Waals surface area contributed by atoms with Gasteiger partial charge in [0.15, 0.2) is 6.54 Å². The summed E-state index contributed by atoms with van der Waals surface area (Å²) in [5, 5.41) is 2.82. The van der Waals surface area contributed by atoms with E-state index in [0.29, 0.717) is 38.5 Å². The average Bonchev–Trinajstić information content (AvgIpc) is 2.57. The van der Waals surface area contributed by atoms with Crippen LogP contribution in [-0.2, 0) is 19.6 Å². The van der Waals surface area contributed by atoms with Crippen LogP contribution in [0.1, 0.15) is 13.8 Å². The number of quaternary nitrogens is 1. The molecule has 1 aliphatic heterocycles. The van der Waals surface area contributed by atoms with E-state index >= 15 is 0 Å². The molecular weight excluding hydrogens is 330 g/mol. The number of nitrogens with one attached hydrogen (secondary N) is 2. The van der Waals surface area contributed by atoms with Gasteiger partial charge in [0.05, 0.1) is 18.1 Å². The minimum Gasteiger partial charge on any atom is -0.370 e. The molecule has 0 spiro atoms. The summed E-state index contributed by atoms with van der Waals surface area (Å²) in [6, 6.07) is 6.32. The molecule has 7 nitrogen and oxygen atoms in total. The number of benzene rings is 1. The Hall–Kier alpha value is -1.48. The van der Waals surface area contributed by atoms with Crippen molar-refractivity contribution < 1.29 is 22.8 Å². The summed E-state index contributed by atoms with van der Waals surface area (Å²) < 4.78 is 31.5. The van der Waals surface area contributed by atoms with Gasteiger partial charge < -0.3 is 15.0 Å². The molecule has 0 aliphatic carbocycles. The molecule has 0 bridgehead atoms. The van der Waals surface area contributed by atoms with Gasteiger partial charge in [0, 0.05) is 18.8 Å². The van der Waals surface area contributed by atoms with Crippen LogP contribution in [0.15, 0.2) is 29.2 Å². The predicted octanol–water partition coefficient (Wildman–Crippen LogP) is -0.429. The zero-order chi connectivity index (χ0) is 17.6. The molecule has 0 radical (unpaired) electrons. The molecule has 1 fully saturated rings. The molecule has 1 aromatic rings. The Kier molecular flexibility index (Phi) is 6.73. The van der Waals surface area contributed by atoms with E-state index < -0.39 is 10.0 Å². The van der Waals surface area contributed by atoms with Crippen LogP contribution in [-0.4, -0.2) is 64.6 Å². The molecule has 134 valence electrons. The Morgan fingerprint density at radius 3 is 2.29 bits per heavy atom. The zero-order valence-corrected chi connectivity index (χ0v) is 15.1. The minimum absolute atomic E-state index is 0.0775. The Balaban J connectivity index is 1.97. The molecule has 0 unspecified atom stereocenters. The predicted molar refractivity (Wildman–Crippen MR) is 91.6 cm³/mol. The van der Waals surface area contributed by atoms with Gasteiger partial charge in [0.25, 0.3) is 5.91 Å². The maximum absolute atomic E-state index is 12.4. The highest BCUT2D eigenvalue weighted by Gasteiger charge is 2.22. The molecule has 2 N–H and O–H groups in total. The first-order valence-corrected chi connectivity index (χ1v) is 9.72. The normalized spacial score (nSPS) is 16.3. The van der Waals surface area contributed by atoms with Crippen molar-refractivity contribution in [1.82, 2.24) is 4.31 Å². The number of hydrogen-bond acceptors (Lipinski definition) is 4. The van der Waals surface area contributed by atoms with Gasteiger partial charge in [-0.1, -0.05) is 13.8 Å². The monoisotopic (exact) mass is 356 g/mol. The standard InChI is InChI=1S/C16H25N3O4S/c1-3-19(4-2)24(21,22)15-7-5-14(6-8-15)17-16(20)13-18-9-11-23-12-10-18/h5-8H,3-4,9-13H2,1-2H3,(H,17,20)/p+1. The number of nitrogens with zero attached hydrogens (tertiary/aromatic N) is 1. The fourth-order valence-corrected chi connectivity index (χ4v) is 4.15. The molecule has 0 saturated carbocycles. The molecule has 2 rings (SSSR count). The van der Waals surface area contributed by atoms with Crippen LogP contribution in [0.2, 0.25) is 0 Å². The van der Waals surface area contributed by atoms with Gasteiger partial charge in [0.2, 0.25) is 10.0 Å². The number of morpholine rings is 1. The molecule has 1 amide bonds. The van der Waals surface area contributed by atoms with Crippen molar-refractivity contribution in [2.45, 2.75) is 18.7 Å². The topological polar surface area (TPSA) is 80.2 Å². The lowest BCUT2D eigenvalue weighted by Gasteiger charge is -2.23. The van der Waals surface area contributed by atoms with E-state index in [4.69, 9.17) is 4.74 Å². The lowest BCUT2D eigenvalue weighted by Crippen LogP contribution is -3.15. The van der Waals surface area contributed by atoms with Crippen molar-refractivity contribution in [1.29, 1.82) is 0 Å². The third-order valence-corrected chi connectivity index (χ3v) is 6.16. The maximum atomic E-state index is 12.4. The van der Waals surface area contributed by atoms with Gasteiger partial charge in [-0.25, -0.2) is 8.42 Å². The van der Waals surface area contributed by atoms with E-state index in [-0.39, 0.29) is 10.8 Å². The summed E-state index contributed by atoms with van der Waals surface area (Å²) in [5.74, 6) is -0.0775. The summed E-state index contributed by atoms with van der Waals surface area (Å²) >= 11 is 0. The molecule has 1 aromatic carbocycles. The van der Waals surface area contributed by atoms with Crippen LogP contribution in [0.4, 0.5) is 5.69 Å². The Bertz CT molecular complexity index is 636. The van der Waals surface area contributed by atoms with Gasteiger partial charge in [-0.15, -0.1) is 0 Å². The number of sulfonamides is 1. The van der Waals surface area contributed by atoms with E-state index in [2.05, 4.69) is 5.32 Å². The van der Waals surface area contributed by atoms with Crippen molar-refractivity contribution >= 4 is 21.6 Å². The highest BCUT2D eigenvalue weighted by molar-refractivity contribution is 7.89. The molecule has 1 aliphatic rings. The van der Waals surface area contributed by atoms with E-state index in [9.17, 15) is 13.2 Å². The lowest BCUT2D eigenvalue weighted by molar-refractivity contribution is -0.899. The van der Waals surface area contributed by atoms with Crippen LogP contribution >= 0.6 is 0 Å². The SMILES string of the molecule is CCN(CC)S(=O)(=O)c1ccc(NC(=O)C[NH+]2CCOCC2)cc1. The first-order valence-electron chi connectivity index (χ1n) is 8.28. The third kappa shape index (κ3) is 4.76. The number of amides is 1. The molecule has 0 aromatic heterocycles. The minimum atomic E-state index is -3.47. The van der Waals surface area contributed by atoms with Crippen molar-refractivity contribution in [2.75, 3.05) is 51.3 Å². The third-order valence-electron chi connectivity index (χ3n) is 4.09. The number of carbonyl (C=O) groups is 1. The lowest BCUT2D eigenvalue weighted by atomic mass is 10.3. The summed E-state index contributed by atoms with van der Waals surface area (Å²) in [5.41, 5.74) is 0.603. The molecule has 24 heavy (non-hydrogen) atoms. The molecule has 8 heteroatoms. The number of anilines is 1. The van der Waals surface area contributed by atoms with Gasteiger partial charge in [-0.05, 0) is 24.3 Å². The van der Waals surface area contributed by atoms with Crippen molar-refractivity contribution in [3.63, 3.8) is 0 Å². The highest BCUT2D eigenvalue weighted by Crippen LogP contribution is 2.18. The second kappa shape index (κ2) is 8.57. The summed E-state index contributed by atoms with van der Waals surface area (Å²) in [6.07, 6.45) is 0. The smallest absolute Gasteiger partial charge is 0.279 e. The maximum Gasteiger partial charge on any atom is 0.279 e. The van der Waals surface area contributed by atoms with Crippen molar-refractivity contribution in [3.8, 4) is 0 Å². The van der Waals surface area contributed by atoms with Gasteiger partial charge >= 0.3 is 0 Å². The number of ether oxygens (including phenoxy) is 1. The van der Waals surface area contributed by atoms with E-state index in [1.165, 1.54) is 21.3 Å². The molecular formula is C16H26N3O4S+. The molecule has 1 heterocycles. The summed E-state index contributed by atoms with van der Waals surface area (Å²) in [4.78, 5) is 13.5. The number of rotatable bonds is 7. The fourth-order valence-electron chi connectivity index (χ4n) is 2.69. The zero-order valence-electron chi connectivity index (χ0n) is 14.2. The van der Waals surface area contributed by atoms with Crippen LogP contribution in [0.25, 0.3) is 0 Å². The second-order valence-electron chi connectivity index (χ2n) is 5.70. The quantitative estimate of drug-likeness (QED) is 0.695. The Morgan fingerprint density at radius 1 is 1.17 bits per heavy atom. The van der Waals surface area contributed by atoms with E-state index in [1.54, 1.807) is 12.1 Å². The van der Waals surface area contributed by atoms with Crippen LogP contribution in [0.5, 0.6) is 0 Å². The average molecular weight is 356 g/mol. The van der Waals surface area contributed by atoms with Gasteiger partial charge in [-0.3, -0.25) is 4.79 Å². The second-order valence-corrected chi connectivity index (χ2v) is 7.64. The number of hydrogen-bond donors (Lipinski definition) is 2. The largest absolute Gasteiger partial charge is 0.370 e. The summed E-state index contributed by atoms with van der Waals surface area (Å²) in [7, 11) is -3.47. The fraction of sp³-hybridized carbons (Fsp3) is 0.562.